The minimum Gasteiger partial charge on any atom is -0.337 e. The molecular formula is C16H15N3O. The Morgan fingerprint density at radius 1 is 1.20 bits per heavy atom. The molecule has 0 saturated heterocycles. The number of aromatic amines is 1. The van der Waals surface area contributed by atoms with E-state index in [-0.39, 0.29) is 5.91 Å². The van der Waals surface area contributed by atoms with Crippen molar-refractivity contribution in [3.8, 4) is 0 Å². The minimum absolute atomic E-state index is 0.0353. The summed E-state index contributed by atoms with van der Waals surface area (Å²) in [6.07, 6.45) is 3.15. The third-order valence-corrected chi connectivity index (χ3v) is 3.33. The van der Waals surface area contributed by atoms with Crippen LogP contribution in [-0.2, 0) is 6.54 Å². The zero-order chi connectivity index (χ0) is 13.9. The van der Waals surface area contributed by atoms with Gasteiger partial charge < -0.3 is 4.90 Å². The number of amides is 1. The Labute approximate surface area is 117 Å². The smallest absolute Gasteiger partial charge is 0.257 e. The Bertz CT molecular complexity index is 734. The van der Waals surface area contributed by atoms with E-state index >= 15 is 0 Å². The Morgan fingerprint density at radius 3 is 2.75 bits per heavy atom. The van der Waals surface area contributed by atoms with Crippen molar-refractivity contribution in [3.63, 3.8) is 0 Å². The summed E-state index contributed by atoms with van der Waals surface area (Å²) in [7, 11) is 1.80. The number of rotatable bonds is 3. The number of hydrogen-bond acceptors (Lipinski definition) is 2. The number of hydrogen-bond donors (Lipinski definition) is 1. The number of carbonyl (C=O) groups is 1. The second-order valence-corrected chi connectivity index (χ2v) is 4.83. The molecule has 3 rings (SSSR count). The summed E-state index contributed by atoms with van der Waals surface area (Å²) < 4.78 is 0. The van der Waals surface area contributed by atoms with Crippen LogP contribution in [-0.4, -0.2) is 28.1 Å². The average Bonchev–Trinajstić information content (AvgIpc) is 3.00. The number of nitrogens with zero attached hydrogens (tertiary/aromatic N) is 2. The second-order valence-electron chi connectivity index (χ2n) is 4.83. The SMILES string of the molecule is CN(Cc1ccc2ccccc2c1)C(=O)c1cn[nH]c1. The molecule has 0 fully saturated rings. The van der Waals surface area contributed by atoms with Crippen LogP contribution in [0.25, 0.3) is 10.8 Å². The maximum atomic E-state index is 12.1. The van der Waals surface area contributed by atoms with Crippen LogP contribution in [0, 0.1) is 0 Å². The van der Waals surface area contributed by atoms with E-state index in [0.717, 1.165) is 5.56 Å². The van der Waals surface area contributed by atoms with Crippen molar-refractivity contribution in [1.82, 2.24) is 15.1 Å². The quantitative estimate of drug-likeness (QED) is 0.791. The van der Waals surface area contributed by atoms with Gasteiger partial charge in [-0.2, -0.15) is 5.10 Å². The first-order valence-corrected chi connectivity index (χ1v) is 6.46. The van der Waals surface area contributed by atoms with Gasteiger partial charge in [-0.15, -0.1) is 0 Å². The molecule has 1 N–H and O–H groups in total. The highest BCUT2D eigenvalue weighted by Gasteiger charge is 2.12. The molecule has 100 valence electrons. The average molecular weight is 265 g/mol. The Hall–Kier alpha value is -2.62. The fraction of sp³-hybridized carbons (Fsp3) is 0.125. The number of aromatic nitrogens is 2. The first-order valence-electron chi connectivity index (χ1n) is 6.46. The van der Waals surface area contributed by atoms with Gasteiger partial charge in [-0.25, -0.2) is 0 Å². The third-order valence-electron chi connectivity index (χ3n) is 3.33. The van der Waals surface area contributed by atoms with Crippen molar-refractivity contribution < 1.29 is 4.79 Å². The zero-order valence-corrected chi connectivity index (χ0v) is 11.2. The second kappa shape index (κ2) is 5.17. The van der Waals surface area contributed by atoms with E-state index in [0.29, 0.717) is 12.1 Å². The highest BCUT2D eigenvalue weighted by molar-refractivity contribution is 5.93. The number of fused-ring (bicyclic) bond motifs is 1. The van der Waals surface area contributed by atoms with E-state index in [9.17, 15) is 4.79 Å². The van der Waals surface area contributed by atoms with Gasteiger partial charge in [0.25, 0.3) is 5.91 Å². The van der Waals surface area contributed by atoms with Gasteiger partial charge in [0.15, 0.2) is 0 Å². The van der Waals surface area contributed by atoms with Gasteiger partial charge in [0.05, 0.1) is 11.8 Å². The van der Waals surface area contributed by atoms with Gasteiger partial charge >= 0.3 is 0 Å². The topological polar surface area (TPSA) is 49.0 Å². The molecule has 0 aliphatic carbocycles. The molecule has 0 atom stereocenters. The van der Waals surface area contributed by atoms with Crippen LogP contribution in [0.4, 0.5) is 0 Å². The first-order chi connectivity index (χ1) is 9.74. The lowest BCUT2D eigenvalue weighted by Gasteiger charge is -2.16. The summed E-state index contributed by atoms with van der Waals surface area (Å²) in [4.78, 5) is 13.8. The fourth-order valence-corrected chi connectivity index (χ4v) is 2.27. The Balaban J connectivity index is 1.80. The van der Waals surface area contributed by atoms with E-state index in [1.165, 1.54) is 10.8 Å². The maximum absolute atomic E-state index is 12.1. The minimum atomic E-state index is -0.0353. The van der Waals surface area contributed by atoms with Crippen molar-refractivity contribution >= 4 is 16.7 Å². The molecule has 0 spiro atoms. The summed E-state index contributed by atoms with van der Waals surface area (Å²) in [6.45, 7) is 0.578. The molecule has 0 aliphatic heterocycles. The van der Waals surface area contributed by atoms with Gasteiger partial charge in [0, 0.05) is 19.8 Å². The number of H-pyrrole nitrogens is 1. The van der Waals surface area contributed by atoms with Crippen molar-refractivity contribution in [2.24, 2.45) is 0 Å². The summed E-state index contributed by atoms with van der Waals surface area (Å²) in [5.74, 6) is -0.0353. The van der Waals surface area contributed by atoms with Crippen LogP contribution in [0.3, 0.4) is 0 Å². The van der Waals surface area contributed by atoms with Gasteiger partial charge in [-0.3, -0.25) is 9.89 Å². The van der Waals surface area contributed by atoms with E-state index in [1.54, 1.807) is 24.3 Å². The summed E-state index contributed by atoms with van der Waals surface area (Å²) in [5.41, 5.74) is 1.69. The van der Waals surface area contributed by atoms with Crippen molar-refractivity contribution in [2.75, 3.05) is 7.05 Å². The molecule has 1 amide bonds. The van der Waals surface area contributed by atoms with Crippen molar-refractivity contribution in [2.45, 2.75) is 6.54 Å². The van der Waals surface area contributed by atoms with E-state index in [2.05, 4.69) is 40.5 Å². The molecule has 3 aromatic rings. The molecule has 0 unspecified atom stereocenters. The molecule has 0 aliphatic rings. The highest BCUT2D eigenvalue weighted by atomic mass is 16.2. The Kier molecular flexibility index (Phi) is 3.21. The predicted octanol–water partition coefficient (Wildman–Crippen LogP) is 2.84. The number of nitrogens with one attached hydrogen (secondary N) is 1. The maximum Gasteiger partial charge on any atom is 0.257 e. The lowest BCUT2D eigenvalue weighted by atomic mass is 10.1. The standard InChI is InChI=1S/C16H15N3O/c1-19(16(20)15-9-17-18-10-15)11-12-6-7-13-4-2-3-5-14(13)8-12/h2-10H,11H2,1H3,(H,17,18). The van der Waals surface area contributed by atoms with Crippen LogP contribution in [0.15, 0.2) is 54.9 Å². The molecule has 1 heterocycles. The van der Waals surface area contributed by atoms with Crippen LogP contribution in [0.5, 0.6) is 0 Å². The molecule has 1 aromatic heterocycles. The molecule has 4 heteroatoms. The van der Waals surface area contributed by atoms with Crippen molar-refractivity contribution in [3.05, 3.63) is 66.0 Å². The van der Waals surface area contributed by atoms with Crippen LogP contribution >= 0.6 is 0 Å². The van der Waals surface area contributed by atoms with Crippen LogP contribution < -0.4 is 0 Å². The summed E-state index contributed by atoms with van der Waals surface area (Å²) >= 11 is 0. The molecular weight excluding hydrogens is 250 g/mol. The zero-order valence-electron chi connectivity index (χ0n) is 11.2. The van der Waals surface area contributed by atoms with Gasteiger partial charge in [-0.05, 0) is 22.4 Å². The third kappa shape index (κ3) is 2.40. The summed E-state index contributed by atoms with van der Waals surface area (Å²) in [6, 6.07) is 14.5. The normalized spacial score (nSPS) is 10.7. The predicted molar refractivity (Wildman–Crippen MR) is 78.3 cm³/mol. The van der Waals surface area contributed by atoms with Gasteiger partial charge in [0.2, 0.25) is 0 Å². The van der Waals surface area contributed by atoms with E-state index in [4.69, 9.17) is 0 Å². The monoisotopic (exact) mass is 265 g/mol. The molecule has 0 bridgehead atoms. The summed E-state index contributed by atoms with van der Waals surface area (Å²) in [5, 5.41) is 8.85. The Morgan fingerprint density at radius 2 is 2.00 bits per heavy atom. The molecule has 0 saturated carbocycles. The lowest BCUT2D eigenvalue weighted by Crippen LogP contribution is -2.25. The van der Waals surface area contributed by atoms with Crippen LogP contribution in [0.1, 0.15) is 15.9 Å². The van der Waals surface area contributed by atoms with Gasteiger partial charge in [-0.1, -0.05) is 36.4 Å². The van der Waals surface area contributed by atoms with E-state index < -0.39 is 0 Å². The van der Waals surface area contributed by atoms with Crippen molar-refractivity contribution in [1.29, 1.82) is 0 Å². The van der Waals surface area contributed by atoms with E-state index in [1.807, 2.05) is 12.1 Å². The van der Waals surface area contributed by atoms with Crippen LogP contribution in [0.2, 0.25) is 0 Å². The lowest BCUT2D eigenvalue weighted by molar-refractivity contribution is 0.0785. The number of carbonyl (C=O) groups excluding carboxylic acids is 1. The molecule has 4 nitrogen and oxygen atoms in total. The highest BCUT2D eigenvalue weighted by Crippen LogP contribution is 2.17. The molecule has 2 aromatic carbocycles. The first kappa shape index (κ1) is 12.4. The number of benzene rings is 2. The van der Waals surface area contributed by atoms with Gasteiger partial charge in [0.1, 0.15) is 0 Å². The largest absolute Gasteiger partial charge is 0.337 e. The molecule has 0 radical (unpaired) electrons. The fourth-order valence-electron chi connectivity index (χ4n) is 2.27. The molecule has 20 heavy (non-hydrogen) atoms.